The van der Waals surface area contributed by atoms with E-state index in [1.54, 1.807) is 4.90 Å². The Hall–Kier alpha value is -4.03. The molecule has 2 aromatic rings. The highest BCUT2D eigenvalue weighted by atomic mass is 16.5. The molecular formula is C32H39N7O2. The number of amides is 1. The highest BCUT2D eigenvalue weighted by molar-refractivity contribution is 5.94. The molecule has 2 unspecified atom stereocenters. The van der Waals surface area contributed by atoms with Crippen LogP contribution >= 0.6 is 0 Å². The average molecular weight is 554 g/mol. The van der Waals surface area contributed by atoms with Gasteiger partial charge in [0.2, 0.25) is 5.91 Å². The summed E-state index contributed by atoms with van der Waals surface area (Å²) in [7, 11) is 0. The van der Waals surface area contributed by atoms with E-state index in [-0.39, 0.29) is 29.8 Å². The fourth-order valence-electron chi connectivity index (χ4n) is 6.62. The lowest BCUT2D eigenvalue weighted by Gasteiger charge is -2.45. The Morgan fingerprint density at radius 2 is 2.05 bits per heavy atom. The van der Waals surface area contributed by atoms with Gasteiger partial charge in [0.25, 0.3) is 6.02 Å². The lowest BCUT2D eigenvalue weighted by Crippen LogP contribution is -2.57. The SMILES string of the molecule is C=CC(=O)N1CCN(C2=C3CCN(c4cccc5ccccc45)CC3NC(OC[C@]3(C)CCNC3)=N2)CC1CC#N. The fourth-order valence-corrected chi connectivity index (χ4v) is 6.62. The van der Waals surface area contributed by atoms with Crippen LogP contribution in [-0.2, 0) is 9.53 Å². The Balaban J connectivity index is 1.29. The van der Waals surface area contributed by atoms with Gasteiger partial charge in [0.1, 0.15) is 5.82 Å². The Morgan fingerprint density at radius 1 is 1.20 bits per heavy atom. The highest BCUT2D eigenvalue weighted by Gasteiger charge is 2.38. The minimum atomic E-state index is -0.209. The smallest absolute Gasteiger partial charge is 0.291 e. The van der Waals surface area contributed by atoms with Crippen molar-refractivity contribution in [2.45, 2.75) is 38.3 Å². The summed E-state index contributed by atoms with van der Waals surface area (Å²) in [5.41, 5.74) is 2.58. The van der Waals surface area contributed by atoms with E-state index < -0.39 is 0 Å². The predicted molar refractivity (Wildman–Crippen MR) is 161 cm³/mol. The molecule has 9 heteroatoms. The summed E-state index contributed by atoms with van der Waals surface area (Å²) in [5.74, 6) is 0.810. The Morgan fingerprint density at radius 3 is 2.85 bits per heavy atom. The molecular weight excluding hydrogens is 514 g/mol. The van der Waals surface area contributed by atoms with Crippen LogP contribution in [0.4, 0.5) is 5.69 Å². The summed E-state index contributed by atoms with van der Waals surface area (Å²) < 4.78 is 6.39. The lowest BCUT2D eigenvalue weighted by molar-refractivity contribution is -0.130. The number of nitrogens with one attached hydrogen (secondary N) is 2. The molecule has 4 heterocycles. The minimum absolute atomic E-state index is 0.0435. The number of aliphatic imine (C=N–C) groups is 1. The van der Waals surface area contributed by atoms with Gasteiger partial charge in [-0.3, -0.25) is 4.79 Å². The number of piperazine rings is 1. The molecule has 0 radical (unpaired) electrons. The molecule has 0 aromatic heterocycles. The molecule has 4 aliphatic rings. The number of fused-ring (bicyclic) bond motifs is 2. The highest BCUT2D eigenvalue weighted by Crippen LogP contribution is 2.34. The summed E-state index contributed by atoms with van der Waals surface area (Å²) in [4.78, 5) is 24.1. The molecule has 3 saturated heterocycles. The normalized spacial score (nSPS) is 26.2. The van der Waals surface area contributed by atoms with Gasteiger partial charge >= 0.3 is 0 Å². The summed E-state index contributed by atoms with van der Waals surface area (Å²) in [6.45, 7) is 11.9. The van der Waals surface area contributed by atoms with Crippen LogP contribution in [0.25, 0.3) is 10.8 Å². The number of nitriles is 1. The Bertz CT molecular complexity index is 1420. The third kappa shape index (κ3) is 5.49. The fraction of sp³-hybridized carbons (Fsp3) is 0.469. The van der Waals surface area contributed by atoms with Gasteiger partial charge < -0.3 is 30.1 Å². The molecule has 41 heavy (non-hydrogen) atoms. The second-order valence-electron chi connectivity index (χ2n) is 11.9. The number of hydrogen-bond acceptors (Lipinski definition) is 8. The maximum absolute atomic E-state index is 12.5. The van der Waals surface area contributed by atoms with E-state index in [0.29, 0.717) is 32.3 Å². The largest absolute Gasteiger partial charge is 0.464 e. The van der Waals surface area contributed by atoms with Gasteiger partial charge in [-0.1, -0.05) is 49.9 Å². The molecule has 0 aliphatic carbocycles. The van der Waals surface area contributed by atoms with Crippen LogP contribution in [0.15, 0.2) is 71.5 Å². The van der Waals surface area contributed by atoms with Gasteiger partial charge in [-0.2, -0.15) is 10.3 Å². The van der Waals surface area contributed by atoms with Gasteiger partial charge in [0.05, 0.1) is 31.2 Å². The number of ether oxygens (including phenoxy) is 1. The van der Waals surface area contributed by atoms with Crippen molar-refractivity contribution < 1.29 is 9.53 Å². The lowest BCUT2D eigenvalue weighted by atomic mass is 9.91. The van der Waals surface area contributed by atoms with E-state index >= 15 is 0 Å². The number of rotatable bonds is 6. The molecule has 2 N–H and O–H groups in total. The van der Waals surface area contributed by atoms with E-state index in [0.717, 1.165) is 44.8 Å². The molecule has 3 fully saturated rings. The molecule has 9 nitrogen and oxygen atoms in total. The van der Waals surface area contributed by atoms with Crippen molar-refractivity contribution in [1.82, 2.24) is 20.4 Å². The van der Waals surface area contributed by atoms with Crippen LogP contribution < -0.4 is 15.5 Å². The van der Waals surface area contributed by atoms with Crippen molar-refractivity contribution in [3.8, 4) is 6.07 Å². The quantitative estimate of drug-likeness (QED) is 0.531. The van der Waals surface area contributed by atoms with Crippen molar-refractivity contribution >= 4 is 28.4 Å². The number of carbonyl (C=O) groups is 1. The zero-order valence-electron chi connectivity index (χ0n) is 23.8. The monoisotopic (exact) mass is 553 g/mol. The van der Waals surface area contributed by atoms with Crippen molar-refractivity contribution in [1.29, 1.82) is 5.26 Å². The molecule has 0 bridgehead atoms. The van der Waals surface area contributed by atoms with E-state index in [4.69, 9.17) is 9.73 Å². The first-order chi connectivity index (χ1) is 20.0. The average Bonchev–Trinajstić information content (AvgIpc) is 3.45. The zero-order chi connectivity index (χ0) is 28.4. The van der Waals surface area contributed by atoms with Crippen LogP contribution in [0, 0.1) is 16.7 Å². The summed E-state index contributed by atoms with van der Waals surface area (Å²) >= 11 is 0. The maximum atomic E-state index is 12.5. The first-order valence-electron chi connectivity index (χ1n) is 14.7. The topological polar surface area (TPSA) is 96.2 Å². The molecule has 2 aromatic carbocycles. The summed E-state index contributed by atoms with van der Waals surface area (Å²) in [6, 6.07) is 17.7. The number of anilines is 1. The van der Waals surface area contributed by atoms with Gasteiger partial charge in [0, 0.05) is 55.8 Å². The maximum Gasteiger partial charge on any atom is 0.291 e. The third-order valence-corrected chi connectivity index (χ3v) is 8.96. The van der Waals surface area contributed by atoms with Crippen LogP contribution in [0.1, 0.15) is 26.2 Å². The number of carbonyl (C=O) groups excluding carboxylic acids is 1. The van der Waals surface area contributed by atoms with E-state index in [1.807, 2.05) is 0 Å². The minimum Gasteiger partial charge on any atom is -0.464 e. The molecule has 214 valence electrons. The van der Waals surface area contributed by atoms with Crippen molar-refractivity contribution in [3.05, 3.63) is 66.5 Å². The first-order valence-corrected chi connectivity index (χ1v) is 14.7. The number of piperidine rings is 1. The van der Waals surface area contributed by atoms with Gasteiger partial charge in [-0.05, 0) is 42.5 Å². The van der Waals surface area contributed by atoms with Crippen LogP contribution in [0.2, 0.25) is 0 Å². The number of hydrogen-bond donors (Lipinski definition) is 2. The van der Waals surface area contributed by atoms with Crippen LogP contribution in [0.3, 0.4) is 0 Å². The van der Waals surface area contributed by atoms with Gasteiger partial charge in [-0.15, -0.1) is 0 Å². The summed E-state index contributed by atoms with van der Waals surface area (Å²) in [6.07, 6.45) is 3.55. The standard InChI is InChI=1S/C32H39N7O2/c1-3-29(40)39-18-17-38(19-24(39)11-14-33)30-26-12-16-37(28-10-6-8-23-7-4-5-9-25(23)28)20-27(26)35-31(36-30)41-22-32(2)13-15-34-21-32/h3-10,24,27,34H,1,11-13,15-22H2,2H3,(H,35,36)/t24?,27?,32-/m1/s1. The van der Waals surface area contributed by atoms with Crippen molar-refractivity contribution in [3.63, 3.8) is 0 Å². The molecule has 6 rings (SSSR count). The van der Waals surface area contributed by atoms with Crippen LogP contribution in [-0.4, -0.2) is 86.2 Å². The second-order valence-corrected chi connectivity index (χ2v) is 11.9. The molecule has 0 spiro atoms. The molecule has 0 saturated carbocycles. The van der Waals surface area contributed by atoms with Gasteiger partial charge in [0.15, 0.2) is 0 Å². The first kappa shape index (κ1) is 27.2. The zero-order valence-corrected chi connectivity index (χ0v) is 23.8. The molecule has 1 amide bonds. The molecule has 3 atom stereocenters. The van der Waals surface area contributed by atoms with Crippen LogP contribution in [0.5, 0.6) is 0 Å². The third-order valence-electron chi connectivity index (χ3n) is 8.96. The number of benzene rings is 2. The van der Waals surface area contributed by atoms with E-state index in [2.05, 4.69) is 82.5 Å². The Kier molecular flexibility index (Phi) is 7.59. The van der Waals surface area contributed by atoms with Crippen molar-refractivity contribution in [2.24, 2.45) is 10.4 Å². The van der Waals surface area contributed by atoms with E-state index in [9.17, 15) is 10.1 Å². The van der Waals surface area contributed by atoms with Crippen molar-refractivity contribution in [2.75, 3.05) is 57.3 Å². The summed E-state index contributed by atoms with van der Waals surface area (Å²) in [5, 5.41) is 19.1. The van der Waals surface area contributed by atoms with E-state index in [1.165, 1.54) is 28.1 Å². The number of nitrogens with zero attached hydrogens (tertiary/aromatic N) is 5. The number of amidine groups is 1. The second kappa shape index (κ2) is 11.5. The molecule has 4 aliphatic heterocycles. The predicted octanol–water partition coefficient (Wildman–Crippen LogP) is 3.22. The Labute approximate surface area is 242 Å². The van der Waals surface area contributed by atoms with Gasteiger partial charge in [-0.25, -0.2) is 0 Å².